The summed E-state index contributed by atoms with van der Waals surface area (Å²) in [6.45, 7) is 3.95. The van der Waals surface area contributed by atoms with Gasteiger partial charge in [-0.05, 0) is 38.1 Å². The fraction of sp³-hybridized carbons (Fsp3) is 0.250. The molecule has 1 amide bonds. The average molecular weight is 367 g/mol. The van der Waals surface area contributed by atoms with Gasteiger partial charge in [-0.1, -0.05) is 0 Å². The van der Waals surface area contributed by atoms with Gasteiger partial charge in [0, 0.05) is 23.7 Å². The monoisotopic (exact) mass is 367 g/mol. The van der Waals surface area contributed by atoms with Gasteiger partial charge in [0.25, 0.3) is 5.91 Å². The molecule has 7 heteroatoms. The molecule has 0 radical (unpaired) electrons. The molecule has 0 saturated carbocycles. The van der Waals surface area contributed by atoms with Gasteiger partial charge < -0.3 is 14.5 Å². The third-order valence-electron chi connectivity index (χ3n) is 4.43. The van der Waals surface area contributed by atoms with E-state index in [0.29, 0.717) is 29.1 Å². The molecule has 3 heterocycles. The van der Waals surface area contributed by atoms with Gasteiger partial charge >= 0.3 is 0 Å². The van der Waals surface area contributed by atoms with E-state index in [4.69, 9.17) is 9.15 Å². The number of carbonyl (C=O) groups is 1. The molecule has 1 atom stereocenters. The third-order valence-corrected chi connectivity index (χ3v) is 4.43. The molecule has 27 heavy (non-hydrogen) atoms. The second-order valence-electron chi connectivity index (χ2n) is 6.52. The van der Waals surface area contributed by atoms with Crippen LogP contribution in [0.4, 0.5) is 4.39 Å². The number of furan rings is 1. The Labute approximate surface area is 155 Å². The van der Waals surface area contributed by atoms with Crippen LogP contribution in [0.2, 0.25) is 0 Å². The summed E-state index contributed by atoms with van der Waals surface area (Å²) < 4.78 is 25.3. The number of halogens is 1. The number of nitrogens with one attached hydrogen (secondary N) is 1. The highest BCUT2D eigenvalue weighted by molar-refractivity contribution is 5.91. The zero-order valence-electron chi connectivity index (χ0n) is 15.0. The van der Waals surface area contributed by atoms with Crippen LogP contribution >= 0.6 is 0 Å². The predicted octanol–water partition coefficient (Wildman–Crippen LogP) is 3.23. The van der Waals surface area contributed by atoms with Crippen LogP contribution in [0.3, 0.4) is 0 Å². The molecule has 1 aliphatic rings. The van der Waals surface area contributed by atoms with Crippen molar-refractivity contribution in [2.75, 3.05) is 6.54 Å². The lowest BCUT2D eigenvalue weighted by Gasteiger charge is -2.14. The molecule has 0 saturated heterocycles. The van der Waals surface area contributed by atoms with Gasteiger partial charge in [-0.3, -0.25) is 9.78 Å². The Hall–Kier alpha value is -3.22. The lowest BCUT2D eigenvalue weighted by molar-refractivity contribution is 0.0906. The summed E-state index contributed by atoms with van der Waals surface area (Å²) in [5.41, 5.74) is 3.38. The summed E-state index contributed by atoms with van der Waals surface area (Å²) in [5, 5.41) is 2.78. The van der Waals surface area contributed by atoms with Crippen LogP contribution in [0.25, 0.3) is 11.3 Å². The number of benzene rings is 1. The highest BCUT2D eigenvalue weighted by atomic mass is 19.1. The van der Waals surface area contributed by atoms with Crippen LogP contribution in [-0.2, 0) is 6.42 Å². The molecule has 6 nitrogen and oxygen atoms in total. The smallest absolute Gasteiger partial charge is 0.287 e. The van der Waals surface area contributed by atoms with E-state index >= 15 is 0 Å². The highest BCUT2D eigenvalue weighted by Gasteiger charge is 2.28. The van der Waals surface area contributed by atoms with Crippen molar-refractivity contribution in [3.63, 3.8) is 0 Å². The van der Waals surface area contributed by atoms with Gasteiger partial charge in [0.15, 0.2) is 5.76 Å². The lowest BCUT2D eigenvalue weighted by atomic mass is 10.0. The van der Waals surface area contributed by atoms with Crippen molar-refractivity contribution in [2.24, 2.45) is 0 Å². The third kappa shape index (κ3) is 3.40. The number of hydrogen-bond acceptors (Lipinski definition) is 5. The number of fused-ring (bicyclic) bond motifs is 1. The van der Waals surface area contributed by atoms with Crippen LogP contribution in [0.1, 0.15) is 27.5 Å². The van der Waals surface area contributed by atoms with Gasteiger partial charge in [-0.15, -0.1) is 0 Å². The normalized spacial score (nSPS) is 15.3. The van der Waals surface area contributed by atoms with Crippen LogP contribution < -0.4 is 10.1 Å². The number of carbonyl (C=O) groups excluding carboxylic acids is 1. The Kier molecular flexibility index (Phi) is 4.35. The fourth-order valence-electron chi connectivity index (χ4n) is 3.18. The second kappa shape index (κ2) is 6.83. The number of amides is 1. The fourth-order valence-corrected chi connectivity index (χ4v) is 3.18. The van der Waals surface area contributed by atoms with E-state index < -0.39 is 0 Å². The molecule has 0 spiro atoms. The average Bonchev–Trinajstić information content (AvgIpc) is 3.30. The number of ether oxygens (including phenoxy) is 1. The van der Waals surface area contributed by atoms with E-state index in [2.05, 4.69) is 15.3 Å². The Morgan fingerprint density at radius 2 is 2.22 bits per heavy atom. The molecule has 1 aromatic carbocycles. The maximum atomic E-state index is 14.2. The maximum Gasteiger partial charge on any atom is 0.287 e. The molecule has 1 N–H and O–H groups in total. The predicted molar refractivity (Wildman–Crippen MR) is 96.1 cm³/mol. The zero-order valence-corrected chi connectivity index (χ0v) is 15.0. The van der Waals surface area contributed by atoms with E-state index in [1.807, 2.05) is 13.8 Å². The zero-order chi connectivity index (χ0) is 19.0. The van der Waals surface area contributed by atoms with Crippen molar-refractivity contribution in [1.29, 1.82) is 0 Å². The number of rotatable bonds is 4. The highest BCUT2D eigenvalue weighted by Crippen LogP contribution is 2.39. The molecule has 2 aromatic heterocycles. The summed E-state index contributed by atoms with van der Waals surface area (Å²) in [6, 6.07) is 6.12. The van der Waals surface area contributed by atoms with Crippen molar-refractivity contribution >= 4 is 5.91 Å². The van der Waals surface area contributed by atoms with Crippen molar-refractivity contribution in [3.8, 4) is 17.0 Å². The quantitative estimate of drug-likeness (QED) is 0.766. The minimum Gasteiger partial charge on any atom is -0.487 e. The van der Waals surface area contributed by atoms with Crippen molar-refractivity contribution < 1.29 is 18.3 Å². The summed E-state index contributed by atoms with van der Waals surface area (Å²) >= 11 is 0. The second-order valence-corrected chi connectivity index (χ2v) is 6.52. The summed E-state index contributed by atoms with van der Waals surface area (Å²) in [7, 11) is 0. The molecule has 1 aliphatic heterocycles. The standard InChI is InChI=1S/C20H18FN3O3/c1-11-9-22-12(2)18(24-11)16-8-14(21)6-13-7-15(27-19(13)16)10-23-20(25)17-4-3-5-26-17/h3-6,8-9,15H,7,10H2,1-2H3,(H,23,25). The maximum absolute atomic E-state index is 14.2. The van der Waals surface area contributed by atoms with Gasteiger partial charge in [-0.2, -0.15) is 0 Å². The number of aryl methyl sites for hydroxylation is 2. The molecule has 0 bridgehead atoms. The minimum absolute atomic E-state index is 0.239. The Morgan fingerprint density at radius 1 is 1.37 bits per heavy atom. The van der Waals surface area contributed by atoms with E-state index in [1.165, 1.54) is 18.4 Å². The van der Waals surface area contributed by atoms with Crippen molar-refractivity contribution in [1.82, 2.24) is 15.3 Å². The number of aromatic nitrogens is 2. The largest absolute Gasteiger partial charge is 0.487 e. The van der Waals surface area contributed by atoms with Crippen LogP contribution in [0.5, 0.6) is 5.75 Å². The lowest BCUT2D eigenvalue weighted by Crippen LogP contribution is -2.34. The molecule has 0 fully saturated rings. The first-order chi connectivity index (χ1) is 13.0. The molecular weight excluding hydrogens is 349 g/mol. The van der Waals surface area contributed by atoms with Gasteiger partial charge in [0.1, 0.15) is 17.7 Å². The summed E-state index contributed by atoms with van der Waals surface area (Å²) in [5.74, 6) is 0.168. The van der Waals surface area contributed by atoms with Gasteiger partial charge in [0.2, 0.25) is 0 Å². The first-order valence-corrected chi connectivity index (χ1v) is 8.62. The molecule has 0 aliphatic carbocycles. The Balaban J connectivity index is 1.57. The van der Waals surface area contributed by atoms with Crippen LogP contribution in [0, 0.1) is 19.7 Å². The minimum atomic E-state index is -0.352. The number of hydrogen-bond donors (Lipinski definition) is 1. The molecule has 1 unspecified atom stereocenters. The van der Waals surface area contributed by atoms with E-state index in [0.717, 1.165) is 11.3 Å². The Morgan fingerprint density at radius 3 is 3.00 bits per heavy atom. The van der Waals surface area contributed by atoms with Crippen LogP contribution in [0.15, 0.2) is 41.1 Å². The SMILES string of the molecule is Cc1cnc(C)c(-c2cc(F)cc3c2OC(CNC(=O)c2ccco2)C3)n1. The van der Waals surface area contributed by atoms with E-state index in [9.17, 15) is 9.18 Å². The van der Waals surface area contributed by atoms with E-state index in [1.54, 1.807) is 18.3 Å². The van der Waals surface area contributed by atoms with Crippen molar-refractivity contribution in [3.05, 3.63) is 65.3 Å². The molecule has 4 rings (SSSR count). The van der Waals surface area contributed by atoms with Crippen LogP contribution in [-0.4, -0.2) is 28.5 Å². The summed E-state index contributed by atoms with van der Waals surface area (Å²) in [4.78, 5) is 20.8. The Bertz CT molecular complexity index is 1000. The van der Waals surface area contributed by atoms with Crippen molar-refractivity contribution in [2.45, 2.75) is 26.4 Å². The summed E-state index contributed by atoms with van der Waals surface area (Å²) in [6.07, 6.45) is 3.32. The van der Waals surface area contributed by atoms with Gasteiger partial charge in [0.05, 0.1) is 29.9 Å². The first kappa shape index (κ1) is 17.2. The molecular formula is C20H18FN3O3. The van der Waals surface area contributed by atoms with Gasteiger partial charge in [-0.25, -0.2) is 9.37 Å². The topological polar surface area (TPSA) is 77.2 Å². The van der Waals surface area contributed by atoms with E-state index in [-0.39, 0.29) is 30.1 Å². The molecule has 3 aromatic rings. The molecule has 138 valence electrons. The number of nitrogens with zero attached hydrogens (tertiary/aromatic N) is 2. The first-order valence-electron chi connectivity index (χ1n) is 8.62.